The Bertz CT molecular complexity index is 403. The highest BCUT2D eigenvalue weighted by molar-refractivity contribution is 5.80. The molecule has 0 aliphatic rings. The zero-order chi connectivity index (χ0) is 14.3. The van der Waals surface area contributed by atoms with Crippen molar-refractivity contribution in [3.05, 3.63) is 29.8 Å². The molecule has 1 aromatic rings. The lowest BCUT2D eigenvalue weighted by molar-refractivity contribution is -0.142. The lowest BCUT2D eigenvalue weighted by Gasteiger charge is -2.23. The number of hydrogen-bond acceptors (Lipinski definition) is 3. The number of likely N-dealkylation sites (N-methyl/N-ethyl adjacent to an activating group) is 1. The molecule has 1 atom stereocenters. The van der Waals surface area contributed by atoms with E-state index >= 15 is 0 Å². The summed E-state index contributed by atoms with van der Waals surface area (Å²) in [6, 6.07) is 7.72. The first kappa shape index (κ1) is 15.5. The number of para-hydroxylation sites is 1. The molecule has 0 bridgehead atoms. The number of nitrogen functional groups attached to an aromatic ring is 1. The lowest BCUT2D eigenvalue weighted by atomic mass is 10.1. The third-order valence-electron chi connectivity index (χ3n) is 3.22. The standard InChI is InChI=1S/C15H24N2O2/c1-4-17(5-2)15(18)12(3)19-11-10-13-8-6-7-9-14(13)16/h6-9,12H,4-5,10-11,16H2,1-3H3. The molecule has 106 valence electrons. The minimum absolute atomic E-state index is 0.0473. The predicted molar refractivity (Wildman–Crippen MR) is 77.9 cm³/mol. The first-order valence-electron chi connectivity index (χ1n) is 6.83. The second-order valence-corrected chi connectivity index (χ2v) is 4.47. The van der Waals surface area contributed by atoms with Gasteiger partial charge in [0.25, 0.3) is 5.91 Å². The second-order valence-electron chi connectivity index (χ2n) is 4.47. The molecule has 0 saturated carbocycles. The number of benzene rings is 1. The highest BCUT2D eigenvalue weighted by atomic mass is 16.5. The number of rotatable bonds is 7. The quantitative estimate of drug-likeness (QED) is 0.767. The zero-order valence-corrected chi connectivity index (χ0v) is 12.1. The van der Waals surface area contributed by atoms with Gasteiger partial charge in [-0.1, -0.05) is 18.2 Å². The van der Waals surface area contributed by atoms with E-state index in [2.05, 4.69) is 0 Å². The van der Waals surface area contributed by atoms with Gasteiger partial charge in [0.05, 0.1) is 6.61 Å². The summed E-state index contributed by atoms with van der Waals surface area (Å²) in [6.45, 7) is 7.68. The molecular weight excluding hydrogens is 240 g/mol. The van der Waals surface area contributed by atoms with E-state index in [-0.39, 0.29) is 5.91 Å². The summed E-state index contributed by atoms with van der Waals surface area (Å²) in [5.74, 6) is 0.0473. The van der Waals surface area contributed by atoms with Gasteiger partial charge in [0.1, 0.15) is 6.10 Å². The minimum Gasteiger partial charge on any atom is -0.399 e. The smallest absolute Gasteiger partial charge is 0.251 e. The maximum absolute atomic E-state index is 12.0. The number of carbonyl (C=O) groups is 1. The molecule has 2 N–H and O–H groups in total. The van der Waals surface area contributed by atoms with Gasteiger partial charge in [0.2, 0.25) is 0 Å². The molecule has 1 amide bonds. The van der Waals surface area contributed by atoms with Crippen molar-refractivity contribution in [2.45, 2.75) is 33.3 Å². The van der Waals surface area contributed by atoms with Crippen molar-refractivity contribution < 1.29 is 9.53 Å². The van der Waals surface area contributed by atoms with Crippen molar-refractivity contribution in [2.24, 2.45) is 0 Å². The van der Waals surface area contributed by atoms with E-state index in [0.717, 1.165) is 17.7 Å². The van der Waals surface area contributed by atoms with Crippen LogP contribution in [0.3, 0.4) is 0 Å². The SMILES string of the molecule is CCN(CC)C(=O)C(C)OCCc1ccccc1N. The molecule has 0 saturated heterocycles. The van der Waals surface area contributed by atoms with Gasteiger partial charge < -0.3 is 15.4 Å². The Morgan fingerprint density at radius 1 is 1.32 bits per heavy atom. The van der Waals surface area contributed by atoms with Gasteiger partial charge >= 0.3 is 0 Å². The van der Waals surface area contributed by atoms with Crippen molar-refractivity contribution >= 4 is 11.6 Å². The van der Waals surface area contributed by atoms with E-state index in [1.807, 2.05) is 38.1 Å². The fourth-order valence-corrected chi connectivity index (χ4v) is 1.97. The number of amides is 1. The van der Waals surface area contributed by atoms with Crippen molar-refractivity contribution in [3.8, 4) is 0 Å². The third kappa shape index (κ3) is 4.56. The monoisotopic (exact) mass is 264 g/mol. The van der Waals surface area contributed by atoms with Gasteiger partial charge in [0, 0.05) is 18.8 Å². The molecule has 0 spiro atoms. The molecule has 4 nitrogen and oxygen atoms in total. The molecule has 0 aliphatic carbocycles. The first-order valence-corrected chi connectivity index (χ1v) is 6.83. The fourth-order valence-electron chi connectivity index (χ4n) is 1.97. The van der Waals surface area contributed by atoms with E-state index < -0.39 is 6.10 Å². The Hall–Kier alpha value is -1.55. The van der Waals surface area contributed by atoms with Gasteiger partial charge in [-0.15, -0.1) is 0 Å². The number of nitrogens with two attached hydrogens (primary N) is 1. The summed E-state index contributed by atoms with van der Waals surface area (Å²) in [5.41, 5.74) is 7.69. The molecular formula is C15H24N2O2. The van der Waals surface area contributed by atoms with Gasteiger partial charge in [-0.3, -0.25) is 4.79 Å². The van der Waals surface area contributed by atoms with E-state index in [9.17, 15) is 4.79 Å². The van der Waals surface area contributed by atoms with Crippen molar-refractivity contribution in [1.29, 1.82) is 0 Å². The Kier molecular flexibility index (Phi) is 6.36. The van der Waals surface area contributed by atoms with Crippen LogP contribution in [-0.2, 0) is 16.0 Å². The lowest BCUT2D eigenvalue weighted by Crippen LogP contribution is -2.39. The molecule has 1 rings (SSSR count). The molecule has 19 heavy (non-hydrogen) atoms. The Labute approximate surface area is 115 Å². The Morgan fingerprint density at radius 2 is 1.95 bits per heavy atom. The Balaban J connectivity index is 2.41. The summed E-state index contributed by atoms with van der Waals surface area (Å²) in [6.07, 6.45) is 0.326. The molecule has 0 fully saturated rings. The van der Waals surface area contributed by atoms with Crippen LogP contribution in [0.15, 0.2) is 24.3 Å². The third-order valence-corrected chi connectivity index (χ3v) is 3.22. The van der Waals surface area contributed by atoms with E-state index in [4.69, 9.17) is 10.5 Å². The van der Waals surface area contributed by atoms with E-state index in [1.165, 1.54) is 0 Å². The highest BCUT2D eigenvalue weighted by Crippen LogP contribution is 2.11. The molecule has 1 unspecified atom stereocenters. The van der Waals surface area contributed by atoms with E-state index in [0.29, 0.717) is 19.7 Å². The summed E-state index contributed by atoms with van der Waals surface area (Å²) in [4.78, 5) is 13.8. The largest absolute Gasteiger partial charge is 0.399 e. The van der Waals surface area contributed by atoms with Crippen LogP contribution in [0.2, 0.25) is 0 Å². The van der Waals surface area contributed by atoms with Crippen LogP contribution in [0.4, 0.5) is 5.69 Å². The topological polar surface area (TPSA) is 55.6 Å². The highest BCUT2D eigenvalue weighted by Gasteiger charge is 2.18. The summed E-state index contributed by atoms with van der Waals surface area (Å²) in [5, 5.41) is 0. The number of ether oxygens (including phenoxy) is 1. The van der Waals surface area contributed by atoms with Crippen molar-refractivity contribution in [2.75, 3.05) is 25.4 Å². The van der Waals surface area contributed by atoms with Gasteiger partial charge in [0.15, 0.2) is 0 Å². The molecule has 0 heterocycles. The number of carbonyl (C=O) groups excluding carboxylic acids is 1. The van der Waals surface area contributed by atoms with E-state index in [1.54, 1.807) is 11.8 Å². The maximum atomic E-state index is 12.0. The Morgan fingerprint density at radius 3 is 2.53 bits per heavy atom. The molecule has 4 heteroatoms. The fraction of sp³-hybridized carbons (Fsp3) is 0.533. The summed E-state index contributed by atoms with van der Waals surface area (Å²) in [7, 11) is 0. The maximum Gasteiger partial charge on any atom is 0.251 e. The summed E-state index contributed by atoms with van der Waals surface area (Å²) >= 11 is 0. The van der Waals surface area contributed by atoms with Crippen LogP contribution in [0.1, 0.15) is 26.3 Å². The number of hydrogen-bond donors (Lipinski definition) is 1. The second kappa shape index (κ2) is 7.79. The molecule has 0 aromatic heterocycles. The van der Waals surface area contributed by atoms with Gasteiger partial charge in [-0.25, -0.2) is 0 Å². The van der Waals surface area contributed by atoms with Crippen LogP contribution < -0.4 is 5.73 Å². The van der Waals surface area contributed by atoms with Gasteiger partial charge in [-0.05, 0) is 38.8 Å². The summed E-state index contributed by atoms with van der Waals surface area (Å²) < 4.78 is 5.60. The van der Waals surface area contributed by atoms with Crippen LogP contribution >= 0.6 is 0 Å². The predicted octanol–water partition coefficient (Wildman–Crippen LogP) is 2.08. The normalized spacial score (nSPS) is 12.2. The molecule has 1 aromatic carbocycles. The minimum atomic E-state index is -0.398. The van der Waals surface area contributed by atoms with Gasteiger partial charge in [-0.2, -0.15) is 0 Å². The number of nitrogens with zero attached hydrogens (tertiary/aromatic N) is 1. The average molecular weight is 264 g/mol. The average Bonchev–Trinajstić information content (AvgIpc) is 2.42. The first-order chi connectivity index (χ1) is 9.10. The van der Waals surface area contributed by atoms with Crippen LogP contribution in [0, 0.1) is 0 Å². The van der Waals surface area contributed by atoms with Crippen LogP contribution in [-0.4, -0.2) is 36.6 Å². The molecule has 0 aliphatic heterocycles. The molecule has 0 radical (unpaired) electrons. The van der Waals surface area contributed by atoms with Crippen molar-refractivity contribution in [3.63, 3.8) is 0 Å². The van der Waals surface area contributed by atoms with Crippen molar-refractivity contribution in [1.82, 2.24) is 4.90 Å². The van der Waals surface area contributed by atoms with Crippen LogP contribution in [0.25, 0.3) is 0 Å². The zero-order valence-electron chi connectivity index (χ0n) is 12.1. The number of anilines is 1. The van der Waals surface area contributed by atoms with Crippen LogP contribution in [0.5, 0.6) is 0 Å².